The fourth-order valence-corrected chi connectivity index (χ4v) is 2.17. The van der Waals surface area contributed by atoms with Gasteiger partial charge in [0.1, 0.15) is 5.82 Å². The fraction of sp³-hybridized carbons (Fsp3) is 0.462. The molecule has 0 spiro atoms. The quantitative estimate of drug-likeness (QED) is 0.679. The normalized spacial score (nSPS) is 16.7. The van der Waals surface area contributed by atoms with Gasteiger partial charge in [0.15, 0.2) is 5.96 Å². The highest BCUT2D eigenvalue weighted by Crippen LogP contribution is 2.17. The Labute approximate surface area is 117 Å². The van der Waals surface area contributed by atoms with Gasteiger partial charge in [-0.3, -0.25) is 4.99 Å². The molecule has 0 amide bonds. The molecule has 0 aromatic heterocycles. The van der Waals surface area contributed by atoms with Gasteiger partial charge in [-0.05, 0) is 24.1 Å². The number of hydrogen-bond acceptors (Lipinski definition) is 2. The Bertz CT molecular complexity index is 461. The molecule has 1 aromatic rings. The van der Waals surface area contributed by atoms with E-state index in [4.69, 9.17) is 22.1 Å². The Kier molecular flexibility index (Phi) is 4.99. The molecule has 0 saturated carbocycles. The number of halogens is 2. The highest BCUT2D eigenvalue weighted by atomic mass is 35.5. The lowest BCUT2D eigenvalue weighted by atomic mass is 10.1. The summed E-state index contributed by atoms with van der Waals surface area (Å²) in [5, 5.41) is 0.431. The first-order valence-electron chi connectivity index (χ1n) is 6.23. The maximum Gasteiger partial charge on any atom is 0.191 e. The minimum Gasteiger partial charge on any atom is -0.378 e. The lowest BCUT2D eigenvalue weighted by Crippen LogP contribution is -2.44. The summed E-state index contributed by atoms with van der Waals surface area (Å²) in [6, 6.07) is 4.39. The highest BCUT2D eigenvalue weighted by molar-refractivity contribution is 6.31. The number of nitrogens with zero attached hydrogens (tertiary/aromatic N) is 2. The van der Waals surface area contributed by atoms with Crippen molar-refractivity contribution in [2.24, 2.45) is 10.7 Å². The molecule has 1 aliphatic heterocycles. The fourth-order valence-electron chi connectivity index (χ4n) is 1.91. The van der Waals surface area contributed by atoms with Crippen LogP contribution in [0.4, 0.5) is 4.39 Å². The monoisotopic (exact) mass is 285 g/mol. The summed E-state index contributed by atoms with van der Waals surface area (Å²) in [6.07, 6.45) is 0.643. The molecule has 1 aliphatic rings. The molecule has 0 atom stereocenters. The number of ether oxygens (including phenoxy) is 1. The first-order valence-corrected chi connectivity index (χ1v) is 6.61. The van der Waals surface area contributed by atoms with Crippen LogP contribution in [-0.4, -0.2) is 43.7 Å². The zero-order chi connectivity index (χ0) is 13.7. The molecule has 2 rings (SSSR count). The van der Waals surface area contributed by atoms with E-state index in [1.807, 2.05) is 4.90 Å². The molecule has 0 bridgehead atoms. The van der Waals surface area contributed by atoms with Crippen molar-refractivity contribution in [2.45, 2.75) is 6.42 Å². The van der Waals surface area contributed by atoms with E-state index in [-0.39, 0.29) is 5.82 Å². The third-order valence-corrected chi connectivity index (χ3v) is 3.36. The number of benzene rings is 1. The summed E-state index contributed by atoms with van der Waals surface area (Å²) >= 11 is 5.95. The molecule has 1 heterocycles. The van der Waals surface area contributed by atoms with Crippen LogP contribution < -0.4 is 5.73 Å². The maximum atomic E-state index is 12.9. The Morgan fingerprint density at radius 1 is 1.42 bits per heavy atom. The Balaban J connectivity index is 1.87. The van der Waals surface area contributed by atoms with Gasteiger partial charge in [-0.15, -0.1) is 0 Å². The molecule has 0 aliphatic carbocycles. The average Bonchev–Trinajstić information content (AvgIpc) is 2.42. The van der Waals surface area contributed by atoms with Gasteiger partial charge in [0.05, 0.1) is 13.2 Å². The van der Waals surface area contributed by atoms with E-state index in [2.05, 4.69) is 4.99 Å². The van der Waals surface area contributed by atoms with E-state index in [9.17, 15) is 4.39 Å². The topological polar surface area (TPSA) is 50.8 Å². The zero-order valence-electron chi connectivity index (χ0n) is 10.6. The average molecular weight is 286 g/mol. The first-order chi connectivity index (χ1) is 9.16. The summed E-state index contributed by atoms with van der Waals surface area (Å²) in [5.74, 6) is 0.201. The summed E-state index contributed by atoms with van der Waals surface area (Å²) in [7, 11) is 0. The first kappa shape index (κ1) is 14.1. The smallest absolute Gasteiger partial charge is 0.191 e. The van der Waals surface area contributed by atoms with Crippen LogP contribution in [-0.2, 0) is 11.2 Å². The van der Waals surface area contributed by atoms with E-state index >= 15 is 0 Å². The minimum atomic E-state index is -0.329. The molecule has 0 unspecified atom stereocenters. The zero-order valence-corrected chi connectivity index (χ0v) is 11.4. The van der Waals surface area contributed by atoms with Crippen molar-refractivity contribution in [1.82, 2.24) is 4.90 Å². The van der Waals surface area contributed by atoms with Crippen molar-refractivity contribution >= 4 is 17.6 Å². The van der Waals surface area contributed by atoms with Crippen molar-refractivity contribution < 1.29 is 9.13 Å². The second-order valence-corrected chi connectivity index (χ2v) is 4.73. The predicted octanol–water partition coefficient (Wildman–Crippen LogP) is 1.67. The molecule has 19 heavy (non-hydrogen) atoms. The van der Waals surface area contributed by atoms with Crippen LogP contribution in [0.1, 0.15) is 5.56 Å². The van der Waals surface area contributed by atoms with E-state index in [1.54, 1.807) is 6.07 Å². The SMILES string of the molecule is NC(=NCCc1ccc(F)cc1Cl)N1CCOCC1. The van der Waals surface area contributed by atoms with Crippen LogP contribution >= 0.6 is 11.6 Å². The van der Waals surface area contributed by atoms with Gasteiger partial charge in [-0.25, -0.2) is 4.39 Å². The third-order valence-electron chi connectivity index (χ3n) is 3.01. The second-order valence-electron chi connectivity index (χ2n) is 4.33. The van der Waals surface area contributed by atoms with Crippen LogP contribution in [0.2, 0.25) is 5.02 Å². The molecule has 104 valence electrons. The predicted molar refractivity (Wildman–Crippen MR) is 74.0 cm³/mol. The van der Waals surface area contributed by atoms with Crippen LogP contribution in [0.25, 0.3) is 0 Å². The molecule has 1 aromatic carbocycles. The summed E-state index contributed by atoms with van der Waals surface area (Å²) in [5.41, 5.74) is 6.78. The number of guanidine groups is 1. The lowest BCUT2D eigenvalue weighted by Gasteiger charge is -2.27. The molecule has 1 saturated heterocycles. The van der Waals surface area contributed by atoms with E-state index < -0.39 is 0 Å². The van der Waals surface area contributed by atoms with Gasteiger partial charge in [-0.2, -0.15) is 0 Å². The van der Waals surface area contributed by atoms with Crippen LogP contribution in [0.5, 0.6) is 0 Å². The highest BCUT2D eigenvalue weighted by Gasteiger charge is 2.11. The van der Waals surface area contributed by atoms with Crippen molar-refractivity contribution in [3.8, 4) is 0 Å². The maximum absolute atomic E-state index is 12.9. The van der Waals surface area contributed by atoms with Gasteiger partial charge >= 0.3 is 0 Å². The van der Waals surface area contributed by atoms with Crippen LogP contribution in [0, 0.1) is 5.82 Å². The van der Waals surface area contributed by atoms with Crippen molar-refractivity contribution in [3.63, 3.8) is 0 Å². The molecule has 6 heteroatoms. The van der Waals surface area contributed by atoms with Gasteiger partial charge in [0.2, 0.25) is 0 Å². The molecule has 4 nitrogen and oxygen atoms in total. The Morgan fingerprint density at radius 3 is 2.84 bits per heavy atom. The number of morpholine rings is 1. The van der Waals surface area contributed by atoms with E-state index in [0.29, 0.717) is 37.2 Å². The van der Waals surface area contributed by atoms with Gasteiger partial charge in [-0.1, -0.05) is 17.7 Å². The van der Waals surface area contributed by atoms with E-state index in [1.165, 1.54) is 12.1 Å². The number of rotatable bonds is 3. The summed E-state index contributed by atoms with van der Waals surface area (Å²) in [4.78, 5) is 6.31. The Hall–Kier alpha value is -1.33. The van der Waals surface area contributed by atoms with E-state index in [0.717, 1.165) is 18.7 Å². The largest absolute Gasteiger partial charge is 0.378 e. The molecule has 2 N–H and O–H groups in total. The molecular weight excluding hydrogens is 269 g/mol. The van der Waals surface area contributed by atoms with Crippen molar-refractivity contribution in [1.29, 1.82) is 0 Å². The van der Waals surface area contributed by atoms with Crippen molar-refractivity contribution in [3.05, 3.63) is 34.6 Å². The third kappa shape index (κ3) is 4.08. The second kappa shape index (κ2) is 6.73. The van der Waals surface area contributed by atoms with Crippen LogP contribution in [0.15, 0.2) is 23.2 Å². The summed E-state index contributed by atoms with van der Waals surface area (Å²) in [6.45, 7) is 3.44. The van der Waals surface area contributed by atoms with Crippen molar-refractivity contribution in [2.75, 3.05) is 32.8 Å². The number of aliphatic imine (C=N–C) groups is 1. The van der Waals surface area contributed by atoms with Gasteiger partial charge in [0, 0.05) is 24.7 Å². The molecular formula is C13H17ClFN3O. The molecule has 1 fully saturated rings. The van der Waals surface area contributed by atoms with Crippen LogP contribution in [0.3, 0.4) is 0 Å². The Morgan fingerprint density at radius 2 is 2.16 bits per heavy atom. The lowest BCUT2D eigenvalue weighted by molar-refractivity contribution is 0.0674. The minimum absolute atomic E-state index is 0.329. The number of nitrogens with two attached hydrogens (primary N) is 1. The standard InChI is InChI=1S/C13H17ClFN3O/c14-12-9-11(15)2-1-10(12)3-4-17-13(16)18-5-7-19-8-6-18/h1-2,9H,3-8H2,(H2,16,17). The summed E-state index contributed by atoms with van der Waals surface area (Å²) < 4.78 is 18.1. The van der Waals surface area contributed by atoms with Gasteiger partial charge in [0.25, 0.3) is 0 Å². The van der Waals surface area contributed by atoms with Gasteiger partial charge < -0.3 is 15.4 Å². The molecule has 0 radical (unpaired) electrons. The number of hydrogen-bond donors (Lipinski definition) is 1.